The first kappa shape index (κ1) is 27.1. The van der Waals surface area contributed by atoms with Gasteiger partial charge in [-0.25, -0.2) is 8.78 Å². The molecular weight excluding hydrogens is 521 g/mol. The molecule has 5 nitrogen and oxygen atoms in total. The smallest absolute Gasteiger partial charge is 0.309 e. The lowest BCUT2D eigenvalue weighted by Gasteiger charge is -2.38. The summed E-state index contributed by atoms with van der Waals surface area (Å²) in [6.07, 6.45) is 0.922. The predicted octanol–water partition coefficient (Wildman–Crippen LogP) is 6.70. The molecule has 37 heavy (non-hydrogen) atoms. The molecule has 0 radical (unpaired) electrons. The van der Waals surface area contributed by atoms with Crippen molar-refractivity contribution >= 4 is 40.1 Å². The Labute approximate surface area is 224 Å². The third kappa shape index (κ3) is 6.15. The lowest BCUT2D eigenvalue weighted by atomic mass is 9.74. The predicted molar refractivity (Wildman–Crippen MR) is 140 cm³/mol. The number of carboxylic acids is 1. The van der Waals surface area contributed by atoms with E-state index in [2.05, 4.69) is 16.8 Å². The number of benzene rings is 2. The van der Waals surface area contributed by atoms with Gasteiger partial charge in [-0.2, -0.15) is 0 Å². The second kappa shape index (κ2) is 11.6. The van der Waals surface area contributed by atoms with Gasteiger partial charge in [0.15, 0.2) is 0 Å². The number of halogens is 4. The van der Waals surface area contributed by atoms with Crippen molar-refractivity contribution in [3.8, 4) is 17.6 Å². The molecule has 0 spiro atoms. The van der Waals surface area contributed by atoms with Gasteiger partial charge in [0.2, 0.25) is 0 Å². The number of rotatable bonds is 7. The maximum Gasteiger partial charge on any atom is 0.309 e. The number of hydrogen-bond acceptors (Lipinski definition) is 4. The van der Waals surface area contributed by atoms with E-state index in [-0.39, 0.29) is 22.9 Å². The van der Waals surface area contributed by atoms with Crippen molar-refractivity contribution in [3.05, 3.63) is 69.6 Å². The minimum atomic E-state index is -1.45. The van der Waals surface area contributed by atoms with Gasteiger partial charge in [-0.3, -0.25) is 14.7 Å². The molecule has 1 saturated heterocycles. The molecule has 4 rings (SSSR count). The number of aliphatic carboxylic acids is 1. The number of ether oxygens (including phenoxy) is 1. The van der Waals surface area contributed by atoms with E-state index in [0.29, 0.717) is 60.3 Å². The minimum Gasteiger partial charge on any atom is -0.497 e. The van der Waals surface area contributed by atoms with Crippen molar-refractivity contribution in [1.29, 1.82) is 0 Å². The maximum atomic E-state index is 15.6. The summed E-state index contributed by atoms with van der Waals surface area (Å²) in [7, 11) is 1.53. The summed E-state index contributed by atoms with van der Waals surface area (Å²) < 4.78 is 34.4. The zero-order valence-electron chi connectivity index (χ0n) is 20.2. The number of alkyl halides is 1. The molecule has 1 aliphatic rings. The molecular formula is C28H26Cl2F2N2O3. The molecule has 194 valence electrons. The zero-order chi connectivity index (χ0) is 26.6. The molecule has 1 aromatic heterocycles. The maximum absolute atomic E-state index is 15.6. The van der Waals surface area contributed by atoms with E-state index in [4.69, 9.17) is 27.9 Å². The number of nitrogens with zero attached hydrogens (tertiary/aromatic N) is 2. The molecule has 1 aliphatic heterocycles. The van der Waals surface area contributed by atoms with Crippen LogP contribution in [-0.2, 0) is 4.79 Å². The topological polar surface area (TPSA) is 62.7 Å². The van der Waals surface area contributed by atoms with Crippen LogP contribution in [-0.4, -0.2) is 47.7 Å². The summed E-state index contributed by atoms with van der Waals surface area (Å²) in [5.74, 6) is 5.03. The van der Waals surface area contributed by atoms with Crippen LogP contribution in [0.2, 0.25) is 10.0 Å². The third-order valence-electron chi connectivity index (χ3n) is 6.98. The summed E-state index contributed by atoms with van der Waals surface area (Å²) in [6, 6.07) is 9.56. The van der Waals surface area contributed by atoms with E-state index >= 15 is 4.39 Å². The highest BCUT2D eigenvalue weighted by Crippen LogP contribution is 2.42. The van der Waals surface area contributed by atoms with Crippen molar-refractivity contribution in [2.45, 2.75) is 31.9 Å². The molecule has 1 fully saturated rings. The molecule has 0 saturated carbocycles. The summed E-state index contributed by atoms with van der Waals surface area (Å²) in [5, 5.41) is 10.9. The quantitative estimate of drug-likeness (QED) is 0.334. The Kier molecular flexibility index (Phi) is 8.53. The number of hydrogen-bond donors (Lipinski definition) is 1. The number of likely N-dealkylation sites (tertiary alicyclic amines) is 1. The van der Waals surface area contributed by atoms with Crippen LogP contribution in [0.25, 0.3) is 10.9 Å². The number of aromatic nitrogens is 1. The third-order valence-corrected chi connectivity index (χ3v) is 7.59. The van der Waals surface area contributed by atoms with Crippen LogP contribution < -0.4 is 4.74 Å². The highest BCUT2D eigenvalue weighted by molar-refractivity contribution is 6.32. The van der Waals surface area contributed by atoms with Gasteiger partial charge < -0.3 is 9.84 Å². The van der Waals surface area contributed by atoms with E-state index in [1.165, 1.54) is 25.4 Å². The number of piperidine rings is 1. The Balaban J connectivity index is 1.41. The number of carbonyl (C=O) groups is 1. The molecule has 0 aliphatic carbocycles. The Morgan fingerprint density at radius 3 is 2.65 bits per heavy atom. The van der Waals surface area contributed by atoms with Crippen LogP contribution in [0.4, 0.5) is 8.78 Å². The monoisotopic (exact) mass is 546 g/mol. The van der Waals surface area contributed by atoms with Crippen molar-refractivity contribution in [2.24, 2.45) is 5.41 Å². The Bertz CT molecular complexity index is 1360. The SMILES string of the molecule is COc1ccc2ncc(Cl)c([C@@H](F)CCC3(C(=O)O)CCN(CC#Cc4ccc(Cl)c(F)c4)CC3)c2c1. The lowest BCUT2D eigenvalue weighted by Crippen LogP contribution is -2.44. The Morgan fingerprint density at radius 2 is 1.97 bits per heavy atom. The first-order valence-electron chi connectivity index (χ1n) is 11.9. The van der Waals surface area contributed by atoms with Crippen LogP contribution in [0.15, 0.2) is 42.6 Å². The largest absolute Gasteiger partial charge is 0.497 e. The lowest BCUT2D eigenvalue weighted by molar-refractivity contribution is -0.152. The van der Waals surface area contributed by atoms with Gasteiger partial charge in [-0.15, -0.1) is 0 Å². The number of fused-ring (bicyclic) bond motifs is 1. The molecule has 0 unspecified atom stereocenters. The molecule has 2 aromatic carbocycles. The average Bonchev–Trinajstić information content (AvgIpc) is 2.89. The minimum absolute atomic E-state index is 0.0181. The first-order chi connectivity index (χ1) is 17.7. The van der Waals surface area contributed by atoms with Gasteiger partial charge >= 0.3 is 5.97 Å². The normalized spacial score (nSPS) is 16.1. The standard InChI is InChI=1S/C28H26Cl2F2N2O3/c1-37-19-5-7-25-20(16-19)26(22(30)17-33-25)23(31)8-9-28(27(35)36)10-13-34(14-11-28)12-2-3-18-4-6-21(29)24(32)15-18/h4-7,15-17,23H,8-14H2,1H3,(H,35,36)/t23-/m0/s1. The fourth-order valence-electron chi connectivity index (χ4n) is 4.70. The van der Waals surface area contributed by atoms with E-state index in [0.717, 1.165) is 0 Å². The van der Waals surface area contributed by atoms with Crippen molar-refractivity contribution in [1.82, 2.24) is 9.88 Å². The summed E-state index contributed by atoms with van der Waals surface area (Å²) in [5.41, 5.74) is 0.386. The molecule has 3 aromatic rings. The van der Waals surface area contributed by atoms with Gasteiger partial charge in [0.25, 0.3) is 0 Å². The van der Waals surface area contributed by atoms with Crippen LogP contribution in [0.3, 0.4) is 0 Å². The van der Waals surface area contributed by atoms with Crippen LogP contribution in [0.1, 0.15) is 43.0 Å². The highest BCUT2D eigenvalue weighted by atomic mass is 35.5. The Hall–Kier alpha value is -2.92. The first-order valence-corrected chi connectivity index (χ1v) is 12.6. The van der Waals surface area contributed by atoms with E-state index in [9.17, 15) is 14.3 Å². The number of pyridine rings is 1. The van der Waals surface area contributed by atoms with Gasteiger partial charge in [-0.1, -0.05) is 35.0 Å². The van der Waals surface area contributed by atoms with Crippen LogP contribution in [0, 0.1) is 23.1 Å². The molecule has 2 heterocycles. The van der Waals surface area contributed by atoms with Crippen LogP contribution >= 0.6 is 23.2 Å². The van der Waals surface area contributed by atoms with Crippen molar-refractivity contribution in [2.75, 3.05) is 26.7 Å². The summed E-state index contributed by atoms with van der Waals surface area (Å²) in [4.78, 5) is 18.6. The second-order valence-corrected chi connectivity index (χ2v) is 10.0. The molecule has 1 atom stereocenters. The average molecular weight is 547 g/mol. The van der Waals surface area contributed by atoms with E-state index in [1.807, 2.05) is 4.90 Å². The zero-order valence-corrected chi connectivity index (χ0v) is 21.8. The highest BCUT2D eigenvalue weighted by Gasteiger charge is 2.41. The van der Waals surface area contributed by atoms with E-state index < -0.39 is 23.4 Å². The van der Waals surface area contributed by atoms with Crippen molar-refractivity contribution < 1.29 is 23.4 Å². The number of methoxy groups -OCH3 is 1. The van der Waals surface area contributed by atoms with Gasteiger partial charge in [0, 0.05) is 35.8 Å². The van der Waals surface area contributed by atoms with Gasteiger partial charge in [0.1, 0.15) is 17.7 Å². The molecule has 0 bridgehead atoms. The Morgan fingerprint density at radius 1 is 1.22 bits per heavy atom. The second-order valence-electron chi connectivity index (χ2n) is 9.20. The summed E-state index contributed by atoms with van der Waals surface area (Å²) >= 11 is 12.0. The molecule has 9 heteroatoms. The van der Waals surface area contributed by atoms with Crippen molar-refractivity contribution in [3.63, 3.8) is 0 Å². The van der Waals surface area contributed by atoms with Gasteiger partial charge in [0.05, 0.1) is 34.6 Å². The summed E-state index contributed by atoms with van der Waals surface area (Å²) in [6.45, 7) is 1.46. The fraction of sp³-hybridized carbons (Fsp3) is 0.357. The van der Waals surface area contributed by atoms with E-state index in [1.54, 1.807) is 24.3 Å². The van der Waals surface area contributed by atoms with Crippen LogP contribution in [0.5, 0.6) is 5.75 Å². The molecule has 0 amide bonds. The fourth-order valence-corrected chi connectivity index (χ4v) is 5.08. The molecule has 1 N–H and O–H groups in total. The van der Waals surface area contributed by atoms with Gasteiger partial charge in [-0.05, 0) is 62.1 Å². The number of carboxylic acid groups (broad SMARTS) is 1.